The number of hydrogen-bond donors (Lipinski definition) is 3. The fraction of sp³-hybridized carbons (Fsp3) is 0.250. The maximum atomic E-state index is 11.2. The molecule has 0 heterocycles. The summed E-state index contributed by atoms with van der Waals surface area (Å²) < 4.78 is 22.4. The van der Waals surface area contributed by atoms with Crippen molar-refractivity contribution in [3.63, 3.8) is 0 Å². The quantitative estimate of drug-likeness (QED) is 0.633. The number of primary sulfonamides is 1. The minimum Gasteiger partial charge on any atom is -0.398 e. The second-order valence-corrected chi connectivity index (χ2v) is 4.30. The molecule has 0 aliphatic carbocycles. The zero-order valence-electron chi connectivity index (χ0n) is 7.82. The van der Waals surface area contributed by atoms with Crippen LogP contribution in [0.25, 0.3) is 0 Å². The zero-order chi connectivity index (χ0) is 10.8. The Morgan fingerprint density at radius 3 is 2.57 bits per heavy atom. The van der Waals surface area contributed by atoms with Crippen LogP contribution in [-0.2, 0) is 10.0 Å². The molecule has 0 saturated carbocycles. The highest BCUT2D eigenvalue weighted by atomic mass is 32.2. The third-order valence-electron chi connectivity index (χ3n) is 1.70. The van der Waals surface area contributed by atoms with Crippen molar-refractivity contribution in [2.24, 2.45) is 5.14 Å². The minimum atomic E-state index is -3.77. The fourth-order valence-electron chi connectivity index (χ4n) is 1.20. The Morgan fingerprint density at radius 1 is 1.43 bits per heavy atom. The Balaban J connectivity index is 3.37. The predicted molar refractivity (Wildman–Crippen MR) is 56.4 cm³/mol. The standard InChI is InChI=1S/C8H13N3O2S/c1-2-11-7-5-3-4-6(9)8(7)14(10,12)13/h3-5,11H,2,9H2,1H3,(H2,10,12,13). The Labute approximate surface area is 83.2 Å². The lowest BCUT2D eigenvalue weighted by Crippen LogP contribution is -2.17. The first-order chi connectivity index (χ1) is 6.46. The molecule has 0 aromatic heterocycles. The summed E-state index contributed by atoms with van der Waals surface area (Å²) in [6.45, 7) is 2.46. The molecule has 0 aliphatic rings. The molecule has 0 fully saturated rings. The third kappa shape index (κ3) is 2.15. The molecule has 0 aliphatic heterocycles. The molecule has 1 aromatic rings. The van der Waals surface area contributed by atoms with Crippen molar-refractivity contribution in [3.8, 4) is 0 Å². The van der Waals surface area contributed by atoms with Gasteiger partial charge in [0.1, 0.15) is 4.90 Å². The van der Waals surface area contributed by atoms with E-state index in [4.69, 9.17) is 10.9 Å². The molecule has 1 rings (SSSR count). The van der Waals surface area contributed by atoms with E-state index in [1.54, 1.807) is 12.1 Å². The van der Waals surface area contributed by atoms with Crippen LogP contribution in [0, 0.1) is 0 Å². The number of anilines is 2. The number of rotatable bonds is 3. The molecule has 0 atom stereocenters. The van der Waals surface area contributed by atoms with Gasteiger partial charge in [0.05, 0.1) is 11.4 Å². The summed E-state index contributed by atoms with van der Waals surface area (Å²) in [7, 11) is -3.77. The van der Waals surface area contributed by atoms with E-state index in [9.17, 15) is 8.42 Å². The average molecular weight is 215 g/mol. The van der Waals surface area contributed by atoms with E-state index >= 15 is 0 Å². The van der Waals surface area contributed by atoms with Crippen LogP contribution in [0.3, 0.4) is 0 Å². The Bertz CT molecular complexity index is 428. The summed E-state index contributed by atoms with van der Waals surface area (Å²) >= 11 is 0. The molecule has 6 heteroatoms. The topological polar surface area (TPSA) is 98.2 Å². The van der Waals surface area contributed by atoms with E-state index in [-0.39, 0.29) is 10.6 Å². The maximum Gasteiger partial charge on any atom is 0.242 e. The molecule has 14 heavy (non-hydrogen) atoms. The predicted octanol–water partition coefficient (Wildman–Crippen LogP) is 0.348. The largest absolute Gasteiger partial charge is 0.398 e. The maximum absolute atomic E-state index is 11.2. The molecule has 5 nitrogen and oxygen atoms in total. The van der Waals surface area contributed by atoms with Gasteiger partial charge in [0.15, 0.2) is 0 Å². The molecule has 78 valence electrons. The highest BCUT2D eigenvalue weighted by Gasteiger charge is 2.16. The van der Waals surface area contributed by atoms with Gasteiger partial charge in [-0.25, -0.2) is 13.6 Å². The van der Waals surface area contributed by atoms with E-state index in [2.05, 4.69) is 5.32 Å². The Morgan fingerprint density at radius 2 is 2.07 bits per heavy atom. The molecular weight excluding hydrogens is 202 g/mol. The van der Waals surface area contributed by atoms with Gasteiger partial charge in [0.2, 0.25) is 10.0 Å². The fourth-order valence-corrected chi connectivity index (χ4v) is 2.05. The first-order valence-electron chi connectivity index (χ1n) is 4.12. The number of hydrogen-bond acceptors (Lipinski definition) is 4. The van der Waals surface area contributed by atoms with Gasteiger partial charge < -0.3 is 11.1 Å². The Hall–Kier alpha value is -1.27. The lowest BCUT2D eigenvalue weighted by Gasteiger charge is -2.10. The summed E-state index contributed by atoms with van der Waals surface area (Å²) in [6.07, 6.45) is 0. The smallest absolute Gasteiger partial charge is 0.242 e. The summed E-state index contributed by atoms with van der Waals surface area (Å²) in [6, 6.07) is 4.79. The van der Waals surface area contributed by atoms with Crippen LogP contribution in [-0.4, -0.2) is 15.0 Å². The van der Waals surface area contributed by atoms with Gasteiger partial charge in [-0.3, -0.25) is 0 Å². The van der Waals surface area contributed by atoms with Crippen molar-refractivity contribution < 1.29 is 8.42 Å². The van der Waals surface area contributed by atoms with Crippen molar-refractivity contribution in [2.45, 2.75) is 11.8 Å². The highest BCUT2D eigenvalue weighted by molar-refractivity contribution is 7.89. The van der Waals surface area contributed by atoms with Crippen molar-refractivity contribution in [1.29, 1.82) is 0 Å². The molecular formula is C8H13N3O2S. The Kier molecular flexibility index (Phi) is 2.97. The van der Waals surface area contributed by atoms with Gasteiger partial charge in [0, 0.05) is 6.54 Å². The summed E-state index contributed by atoms with van der Waals surface area (Å²) in [4.78, 5) is -0.0400. The molecule has 0 radical (unpaired) electrons. The van der Waals surface area contributed by atoms with Crippen molar-refractivity contribution in [3.05, 3.63) is 18.2 Å². The molecule has 0 unspecified atom stereocenters. The van der Waals surface area contributed by atoms with Crippen LogP contribution in [0.2, 0.25) is 0 Å². The van der Waals surface area contributed by atoms with Gasteiger partial charge in [-0.15, -0.1) is 0 Å². The van der Waals surface area contributed by atoms with Crippen LogP contribution < -0.4 is 16.2 Å². The lowest BCUT2D eigenvalue weighted by atomic mass is 10.3. The molecule has 0 saturated heterocycles. The van der Waals surface area contributed by atoms with E-state index in [1.165, 1.54) is 6.07 Å². The normalized spacial score (nSPS) is 11.3. The van der Waals surface area contributed by atoms with Crippen molar-refractivity contribution >= 4 is 21.4 Å². The number of nitrogens with two attached hydrogens (primary N) is 2. The number of benzene rings is 1. The second-order valence-electron chi connectivity index (χ2n) is 2.80. The SMILES string of the molecule is CCNc1cccc(N)c1S(N)(=O)=O. The zero-order valence-corrected chi connectivity index (χ0v) is 8.64. The number of sulfonamides is 1. The second kappa shape index (κ2) is 3.85. The van der Waals surface area contributed by atoms with Crippen molar-refractivity contribution in [1.82, 2.24) is 0 Å². The van der Waals surface area contributed by atoms with Crippen molar-refractivity contribution in [2.75, 3.05) is 17.6 Å². The van der Waals surface area contributed by atoms with Gasteiger partial charge in [-0.1, -0.05) is 6.07 Å². The highest BCUT2D eigenvalue weighted by Crippen LogP contribution is 2.25. The molecule has 0 bridgehead atoms. The van der Waals surface area contributed by atoms with E-state index in [0.29, 0.717) is 12.2 Å². The van der Waals surface area contributed by atoms with Crippen LogP contribution in [0.15, 0.2) is 23.1 Å². The molecule has 1 aromatic carbocycles. The van der Waals surface area contributed by atoms with Gasteiger partial charge in [0.25, 0.3) is 0 Å². The first-order valence-corrected chi connectivity index (χ1v) is 5.66. The summed E-state index contributed by atoms with van der Waals surface area (Å²) in [5, 5.41) is 7.93. The van der Waals surface area contributed by atoms with Crippen LogP contribution >= 0.6 is 0 Å². The molecule has 0 spiro atoms. The monoisotopic (exact) mass is 215 g/mol. The third-order valence-corrected chi connectivity index (χ3v) is 2.72. The minimum absolute atomic E-state index is 0.0400. The van der Waals surface area contributed by atoms with E-state index in [1.807, 2.05) is 6.92 Å². The first kappa shape index (κ1) is 10.8. The van der Waals surface area contributed by atoms with Crippen LogP contribution in [0.4, 0.5) is 11.4 Å². The summed E-state index contributed by atoms with van der Waals surface area (Å²) in [5.41, 5.74) is 6.14. The number of nitrogens with one attached hydrogen (secondary N) is 1. The van der Waals surface area contributed by atoms with Gasteiger partial charge in [-0.2, -0.15) is 0 Å². The van der Waals surface area contributed by atoms with Crippen LogP contribution in [0.1, 0.15) is 6.92 Å². The van der Waals surface area contributed by atoms with E-state index in [0.717, 1.165) is 0 Å². The lowest BCUT2D eigenvalue weighted by molar-refractivity contribution is 0.598. The molecule has 5 N–H and O–H groups in total. The average Bonchev–Trinajstić information content (AvgIpc) is 2.02. The van der Waals surface area contributed by atoms with E-state index < -0.39 is 10.0 Å². The van der Waals surface area contributed by atoms with Crippen LogP contribution in [0.5, 0.6) is 0 Å². The van der Waals surface area contributed by atoms with Gasteiger partial charge in [-0.05, 0) is 19.1 Å². The molecule has 0 amide bonds. The summed E-state index contributed by atoms with van der Waals surface area (Å²) in [5.74, 6) is 0. The van der Waals surface area contributed by atoms with Gasteiger partial charge >= 0.3 is 0 Å². The number of nitrogen functional groups attached to an aromatic ring is 1.